The van der Waals surface area contributed by atoms with E-state index in [0.29, 0.717) is 6.42 Å². The van der Waals surface area contributed by atoms with Crippen molar-refractivity contribution in [3.8, 4) is 0 Å². The number of nitrogens with two attached hydrogens (primary N) is 1. The SMILES string of the molecule is CCN(CCCC(=O)OC)Cc1cccc(N)c1. The summed E-state index contributed by atoms with van der Waals surface area (Å²) in [7, 11) is 1.42. The van der Waals surface area contributed by atoms with Crippen molar-refractivity contribution in [1.29, 1.82) is 0 Å². The summed E-state index contributed by atoms with van der Waals surface area (Å²) >= 11 is 0. The molecule has 0 aliphatic carbocycles. The predicted molar refractivity (Wildman–Crippen MR) is 73.1 cm³/mol. The molecule has 18 heavy (non-hydrogen) atoms. The molecular formula is C14H22N2O2. The van der Waals surface area contributed by atoms with Gasteiger partial charge in [-0.15, -0.1) is 0 Å². The minimum atomic E-state index is -0.144. The molecule has 0 radical (unpaired) electrons. The third-order valence-electron chi connectivity index (χ3n) is 2.89. The highest BCUT2D eigenvalue weighted by molar-refractivity contribution is 5.69. The van der Waals surface area contributed by atoms with Crippen molar-refractivity contribution in [2.75, 3.05) is 25.9 Å². The number of esters is 1. The highest BCUT2D eigenvalue weighted by atomic mass is 16.5. The van der Waals surface area contributed by atoms with Gasteiger partial charge >= 0.3 is 5.97 Å². The third-order valence-corrected chi connectivity index (χ3v) is 2.89. The van der Waals surface area contributed by atoms with Gasteiger partial charge in [0.25, 0.3) is 0 Å². The highest BCUT2D eigenvalue weighted by Gasteiger charge is 2.06. The van der Waals surface area contributed by atoms with Crippen molar-refractivity contribution >= 4 is 11.7 Å². The van der Waals surface area contributed by atoms with Crippen LogP contribution in [0.3, 0.4) is 0 Å². The Labute approximate surface area is 109 Å². The van der Waals surface area contributed by atoms with Crippen LogP contribution in [0, 0.1) is 0 Å². The van der Waals surface area contributed by atoms with E-state index in [1.54, 1.807) is 0 Å². The molecule has 0 unspecified atom stereocenters. The van der Waals surface area contributed by atoms with Gasteiger partial charge in [-0.05, 0) is 37.2 Å². The number of methoxy groups -OCH3 is 1. The first-order valence-corrected chi connectivity index (χ1v) is 6.29. The van der Waals surface area contributed by atoms with Gasteiger partial charge in [0.15, 0.2) is 0 Å². The van der Waals surface area contributed by atoms with Crippen LogP contribution in [0.2, 0.25) is 0 Å². The molecule has 1 aromatic carbocycles. The van der Waals surface area contributed by atoms with Gasteiger partial charge in [0.1, 0.15) is 0 Å². The van der Waals surface area contributed by atoms with Gasteiger partial charge in [0, 0.05) is 18.7 Å². The van der Waals surface area contributed by atoms with E-state index in [1.807, 2.05) is 18.2 Å². The van der Waals surface area contributed by atoms with E-state index < -0.39 is 0 Å². The number of hydrogen-bond donors (Lipinski definition) is 1. The minimum Gasteiger partial charge on any atom is -0.469 e. The zero-order valence-electron chi connectivity index (χ0n) is 11.2. The lowest BCUT2D eigenvalue weighted by Crippen LogP contribution is -2.24. The van der Waals surface area contributed by atoms with E-state index in [-0.39, 0.29) is 5.97 Å². The Balaban J connectivity index is 2.40. The number of benzene rings is 1. The van der Waals surface area contributed by atoms with Crippen LogP contribution in [0.5, 0.6) is 0 Å². The van der Waals surface area contributed by atoms with E-state index in [4.69, 9.17) is 5.73 Å². The molecule has 1 aromatic rings. The molecule has 0 amide bonds. The normalized spacial score (nSPS) is 10.6. The minimum absolute atomic E-state index is 0.144. The van der Waals surface area contributed by atoms with Crippen molar-refractivity contribution < 1.29 is 9.53 Å². The molecule has 0 aromatic heterocycles. The molecule has 0 aliphatic rings. The summed E-state index contributed by atoms with van der Waals surface area (Å²) in [5.41, 5.74) is 7.75. The van der Waals surface area contributed by atoms with Crippen LogP contribution in [-0.4, -0.2) is 31.1 Å². The molecule has 0 spiro atoms. The number of carbonyl (C=O) groups excluding carboxylic acids is 1. The van der Waals surface area contributed by atoms with Crippen LogP contribution in [0.4, 0.5) is 5.69 Å². The van der Waals surface area contributed by atoms with E-state index in [2.05, 4.69) is 22.6 Å². The van der Waals surface area contributed by atoms with Crippen molar-refractivity contribution in [2.24, 2.45) is 0 Å². The smallest absolute Gasteiger partial charge is 0.305 e. The Morgan fingerprint density at radius 2 is 2.22 bits per heavy atom. The Bertz CT molecular complexity index is 380. The van der Waals surface area contributed by atoms with Gasteiger partial charge in [0.05, 0.1) is 7.11 Å². The second-order valence-corrected chi connectivity index (χ2v) is 4.29. The van der Waals surface area contributed by atoms with Crippen LogP contribution in [0.25, 0.3) is 0 Å². The fourth-order valence-corrected chi connectivity index (χ4v) is 1.85. The van der Waals surface area contributed by atoms with Gasteiger partial charge < -0.3 is 10.5 Å². The van der Waals surface area contributed by atoms with Gasteiger partial charge in [-0.3, -0.25) is 9.69 Å². The number of nitrogens with zero attached hydrogens (tertiary/aromatic N) is 1. The van der Waals surface area contributed by atoms with Crippen molar-refractivity contribution in [1.82, 2.24) is 4.90 Å². The largest absolute Gasteiger partial charge is 0.469 e. The average Bonchev–Trinajstić information content (AvgIpc) is 2.37. The van der Waals surface area contributed by atoms with Crippen LogP contribution in [0.1, 0.15) is 25.3 Å². The lowest BCUT2D eigenvalue weighted by atomic mass is 10.2. The lowest BCUT2D eigenvalue weighted by Gasteiger charge is -2.20. The molecule has 0 bridgehead atoms. The Kier molecular flexibility index (Phi) is 6.22. The molecule has 100 valence electrons. The fraction of sp³-hybridized carbons (Fsp3) is 0.500. The van der Waals surface area contributed by atoms with Crippen LogP contribution < -0.4 is 5.73 Å². The maximum absolute atomic E-state index is 11.0. The molecule has 0 saturated carbocycles. The summed E-state index contributed by atoms with van der Waals surface area (Å²) in [4.78, 5) is 13.3. The number of carbonyl (C=O) groups is 1. The fourth-order valence-electron chi connectivity index (χ4n) is 1.85. The molecule has 1 rings (SSSR count). The monoisotopic (exact) mass is 250 g/mol. The summed E-state index contributed by atoms with van der Waals surface area (Å²) in [6, 6.07) is 7.91. The van der Waals surface area contributed by atoms with E-state index in [0.717, 1.165) is 31.7 Å². The second kappa shape index (κ2) is 7.71. The first-order chi connectivity index (χ1) is 8.65. The summed E-state index contributed by atoms with van der Waals surface area (Å²) in [6.07, 6.45) is 1.30. The molecule has 0 aliphatic heterocycles. The van der Waals surface area contributed by atoms with E-state index >= 15 is 0 Å². The number of hydrogen-bond acceptors (Lipinski definition) is 4. The zero-order chi connectivity index (χ0) is 13.4. The Morgan fingerprint density at radius 1 is 1.44 bits per heavy atom. The maximum atomic E-state index is 11.0. The topological polar surface area (TPSA) is 55.6 Å². The molecular weight excluding hydrogens is 228 g/mol. The van der Waals surface area contributed by atoms with Crippen LogP contribution in [0.15, 0.2) is 24.3 Å². The summed E-state index contributed by atoms with van der Waals surface area (Å²) in [6.45, 7) is 4.82. The van der Waals surface area contributed by atoms with Crippen molar-refractivity contribution in [3.05, 3.63) is 29.8 Å². The van der Waals surface area contributed by atoms with Crippen molar-refractivity contribution in [2.45, 2.75) is 26.3 Å². The predicted octanol–water partition coefficient (Wildman–Crippen LogP) is 2.04. The number of ether oxygens (including phenoxy) is 1. The lowest BCUT2D eigenvalue weighted by molar-refractivity contribution is -0.140. The van der Waals surface area contributed by atoms with E-state index in [1.165, 1.54) is 12.7 Å². The first-order valence-electron chi connectivity index (χ1n) is 6.29. The van der Waals surface area contributed by atoms with E-state index in [9.17, 15) is 4.79 Å². The Morgan fingerprint density at radius 3 is 2.83 bits per heavy atom. The number of rotatable bonds is 7. The molecule has 4 heteroatoms. The molecule has 0 fully saturated rings. The highest BCUT2D eigenvalue weighted by Crippen LogP contribution is 2.10. The first kappa shape index (κ1) is 14.5. The van der Waals surface area contributed by atoms with Gasteiger partial charge in [-0.1, -0.05) is 19.1 Å². The average molecular weight is 250 g/mol. The van der Waals surface area contributed by atoms with Gasteiger partial charge in [-0.25, -0.2) is 0 Å². The van der Waals surface area contributed by atoms with Crippen LogP contribution >= 0.6 is 0 Å². The molecule has 0 atom stereocenters. The molecule has 0 heterocycles. The summed E-state index contributed by atoms with van der Waals surface area (Å²) in [5.74, 6) is -0.144. The molecule has 0 saturated heterocycles. The number of nitrogen functional groups attached to an aromatic ring is 1. The van der Waals surface area contributed by atoms with Crippen LogP contribution in [-0.2, 0) is 16.1 Å². The van der Waals surface area contributed by atoms with Gasteiger partial charge in [0.2, 0.25) is 0 Å². The molecule has 2 N–H and O–H groups in total. The second-order valence-electron chi connectivity index (χ2n) is 4.29. The quantitative estimate of drug-likeness (QED) is 0.594. The Hall–Kier alpha value is -1.55. The number of anilines is 1. The summed E-state index contributed by atoms with van der Waals surface area (Å²) < 4.78 is 4.63. The summed E-state index contributed by atoms with van der Waals surface area (Å²) in [5, 5.41) is 0. The standard InChI is InChI=1S/C14H22N2O2/c1-3-16(9-5-8-14(17)18-2)11-12-6-4-7-13(15)10-12/h4,6-7,10H,3,5,8-9,11,15H2,1-2H3. The van der Waals surface area contributed by atoms with Gasteiger partial charge in [-0.2, -0.15) is 0 Å². The maximum Gasteiger partial charge on any atom is 0.305 e. The van der Waals surface area contributed by atoms with Crippen molar-refractivity contribution in [3.63, 3.8) is 0 Å². The molecule has 4 nitrogen and oxygen atoms in total. The zero-order valence-corrected chi connectivity index (χ0v) is 11.2. The third kappa shape index (κ3) is 5.19.